The van der Waals surface area contributed by atoms with Crippen molar-refractivity contribution in [1.82, 2.24) is 9.55 Å². The van der Waals surface area contributed by atoms with Crippen molar-refractivity contribution >= 4 is 0 Å². The molecule has 0 saturated heterocycles. The van der Waals surface area contributed by atoms with E-state index in [-0.39, 0.29) is 6.61 Å². The lowest BCUT2D eigenvalue weighted by Crippen LogP contribution is -2.34. The van der Waals surface area contributed by atoms with Crippen LogP contribution in [0.1, 0.15) is 12.5 Å². The fraction of sp³-hybridized carbons (Fsp3) is 0.600. The second-order valence-electron chi connectivity index (χ2n) is 4.04. The molecule has 1 aliphatic carbocycles. The van der Waals surface area contributed by atoms with Crippen molar-refractivity contribution in [3.63, 3.8) is 0 Å². The third-order valence-corrected chi connectivity index (χ3v) is 3.10. The summed E-state index contributed by atoms with van der Waals surface area (Å²) >= 11 is 0. The molecule has 0 bridgehead atoms. The van der Waals surface area contributed by atoms with Crippen LogP contribution in [0.2, 0.25) is 0 Å². The minimum Gasteiger partial charge on any atom is -0.396 e. The third kappa shape index (κ3) is 1.75. The van der Waals surface area contributed by atoms with Crippen LogP contribution in [0.25, 0.3) is 0 Å². The molecule has 1 heterocycles. The Hall–Kier alpha value is -1.24. The summed E-state index contributed by atoms with van der Waals surface area (Å²) in [6, 6.07) is 1.07. The van der Waals surface area contributed by atoms with Crippen molar-refractivity contribution in [2.45, 2.75) is 24.7 Å². The number of hydrogen-bond donors (Lipinski definition) is 3. The predicted octanol–water partition coefficient (Wildman–Crippen LogP) is -1.48. The van der Waals surface area contributed by atoms with Crippen molar-refractivity contribution in [2.75, 3.05) is 6.61 Å². The molecule has 0 aromatic carbocycles. The lowest BCUT2D eigenvalue weighted by Gasteiger charge is -2.18. The van der Waals surface area contributed by atoms with E-state index in [1.54, 1.807) is 6.07 Å². The van der Waals surface area contributed by atoms with Gasteiger partial charge in [0.1, 0.15) is 6.10 Å². The molecule has 0 amide bonds. The molecule has 0 spiro atoms. The smallest absolute Gasteiger partial charge is 0.347 e. The Kier molecular flexibility index (Phi) is 3.04. The van der Waals surface area contributed by atoms with Crippen LogP contribution >= 0.6 is 0 Å². The summed E-state index contributed by atoms with van der Waals surface area (Å²) in [7, 11) is 0. The first kappa shape index (κ1) is 11.3. The van der Waals surface area contributed by atoms with Crippen molar-refractivity contribution in [3.05, 3.63) is 28.9 Å². The Morgan fingerprint density at radius 3 is 2.75 bits per heavy atom. The van der Waals surface area contributed by atoms with Crippen LogP contribution in [0.5, 0.6) is 0 Å². The van der Waals surface area contributed by atoms with Crippen LogP contribution in [0.3, 0.4) is 0 Å². The number of nitrogens with zero attached hydrogens (tertiary/aromatic N) is 2. The minimum atomic E-state index is -1.04. The lowest BCUT2D eigenvalue weighted by atomic mass is 10.1. The highest BCUT2D eigenvalue weighted by Gasteiger charge is 2.42. The van der Waals surface area contributed by atoms with Crippen LogP contribution in [0, 0.1) is 5.92 Å². The standard InChI is InChI=1S/C10H14N2O4/c13-5-6-4-7(9(15)8(6)14)12-3-1-2-11-10(12)16/h1-3,6-9,13-15H,4-5H2/t6?,7?,8-,9+/m1/s1. The fourth-order valence-corrected chi connectivity index (χ4v) is 2.18. The summed E-state index contributed by atoms with van der Waals surface area (Å²) in [5.41, 5.74) is -0.461. The Bertz CT molecular complexity index is 419. The molecule has 6 heteroatoms. The molecule has 1 aliphatic rings. The van der Waals surface area contributed by atoms with E-state index in [0.29, 0.717) is 6.42 Å². The van der Waals surface area contributed by atoms with Crippen molar-refractivity contribution < 1.29 is 15.3 Å². The minimum absolute atomic E-state index is 0.205. The van der Waals surface area contributed by atoms with Gasteiger partial charge in [-0.25, -0.2) is 9.78 Å². The highest BCUT2D eigenvalue weighted by atomic mass is 16.3. The van der Waals surface area contributed by atoms with E-state index < -0.39 is 29.9 Å². The van der Waals surface area contributed by atoms with Crippen molar-refractivity contribution in [2.24, 2.45) is 5.92 Å². The first-order chi connectivity index (χ1) is 7.65. The molecule has 0 aliphatic heterocycles. The molecule has 1 aromatic rings. The summed E-state index contributed by atoms with van der Waals surface area (Å²) in [6.45, 7) is -0.205. The molecule has 3 N–H and O–H groups in total. The van der Waals surface area contributed by atoms with E-state index in [9.17, 15) is 15.0 Å². The number of aliphatic hydroxyl groups excluding tert-OH is 3. The first-order valence-corrected chi connectivity index (χ1v) is 5.15. The molecule has 2 unspecified atom stereocenters. The predicted molar refractivity (Wildman–Crippen MR) is 54.7 cm³/mol. The number of hydrogen-bond acceptors (Lipinski definition) is 5. The second-order valence-corrected chi connectivity index (χ2v) is 4.04. The van der Waals surface area contributed by atoms with Gasteiger partial charge in [-0.1, -0.05) is 0 Å². The maximum atomic E-state index is 11.5. The van der Waals surface area contributed by atoms with Crippen LogP contribution in [0.4, 0.5) is 0 Å². The Morgan fingerprint density at radius 1 is 1.44 bits per heavy atom. The summed E-state index contributed by atoms with van der Waals surface area (Å²) in [6.07, 6.45) is 1.22. The van der Waals surface area contributed by atoms with E-state index in [0.717, 1.165) is 0 Å². The monoisotopic (exact) mass is 226 g/mol. The van der Waals surface area contributed by atoms with Gasteiger partial charge >= 0.3 is 5.69 Å². The zero-order valence-electron chi connectivity index (χ0n) is 8.60. The molecule has 16 heavy (non-hydrogen) atoms. The summed E-state index contributed by atoms with van der Waals surface area (Å²) in [4.78, 5) is 15.0. The van der Waals surface area contributed by atoms with Gasteiger partial charge in [-0.15, -0.1) is 0 Å². The van der Waals surface area contributed by atoms with Gasteiger partial charge in [0.05, 0.1) is 12.1 Å². The largest absolute Gasteiger partial charge is 0.396 e. The van der Waals surface area contributed by atoms with Crippen LogP contribution in [0.15, 0.2) is 23.3 Å². The van der Waals surface area contributed by atoms with Gasteiger partial charge < -0.3 is 15.3 Å². The molecule has 1 saturated carbocycles. The average molecular weight is 226 g/mol. The summed E-state index contributed by atoms with van der Waals surface area (Å²) < 4.78 is 1.30. The van der Waals surface area contributed by atoms with E-state index in [1.165, 1.54) is 17.0 Å². The van der Waals surface area contributed by atoms with Crippen LogP contribution in [-0.4, -0.2) is 43.7 Å². The maximum Gasteiger partial charge on any atom is 0.347 e. The van der Waals surface area contributed by atoms with Gasteiger partial charge in [0.25, 0.3) is 0 Å². The van der Waals surface area contributed by atoms with E-state index in [4.69, 9.17) is 5.11 Å². The molecule has 88 valence electrons. The fourth-order valence-electron chi connectivity index (χ4n) is 2.18. The lowest BCUT2D eigenvalue weighted by molar-refractivity contribution is -0.00454. The maximum absolute atomic E-state index is 11.5. The molecule has 6 nitrogen and oxygen atoms in total. The highest BCUT2D eigenvalue weighted by Crippen LogP contribution is 2.33. The van der Waals surface area contributed by atoms with Gasteiger partial charge in [-0.3, -0.25) is 4.57 Å². The quantitative estimate of drug-likeness (QED) is 0.571. The first-order valence-electron chi connectivity index (χ1n) is 5.15. The van der Waals surface area contributed by atoms with Crippen molar-refractivity contribution in [1.29, 1.82) is 0 Å². The third-order valence-electron chi connectivity index (χ3n) is 3.10. The Morgan fingerprint density at radius 2 is 2.19 bits per heavy atom. The molecule has 1 fully saturated rings. The normalized spacial score (nSPS) is 34.2. The van der Waals surface area contributed by atoms with Crippen LogP contribution in [-0.2, 0) is 0 Å². The summed E-state index contributed by atoms with van der Waals surface area (Å²) in [5.74, 6) is -0.396. The Labute approximate surface area is 91.8 Å². The van der Waals surface area contributed by atoms with Gasteiger partial charge in [-0.05, 0) is 12.5 Å². The second kappa shape index (κ2) is 4.32. The molecule has 4 atom stereocenters. The number of aromatic nitrogens is 2. The van der Waals surface area contributed by atoms with E-state index >= 15 is 0 Å². The SMILES string of the molecule is O=c1ncccn1C1CC(CO)[C@@H](O)[C@H]1O. The van der Waals surface area contributed by atoms with E-state index in [2.05, 4.69) is 4.98 Å². The molecular formula is C10H14N2O4. The average Bonchev–Trinajstić information content (AvgIpc) is 2.57. The van der Waals surface area contributed by atoms with Gasteiger partial charge in [0.15, 0.2) is 0 Å². The van der Waals surface area contributed by atoms with Crippen molar-refractivity contribution in [3.8, 4) is 0 Å². The number of rotatable bonds is 2. The van der Waals surface area contributed by atoms with E-state index in [1.807, 2.05) is 0 Å². The molecule has 1 aromatic heterocycles. The highest BCUT2D eigenvalue weighted by molar-refractivity contribution is 4.97. The number of aliphatic hydroxyl groups is 3. The van der Waals surface area contributed by atoms with Gasteiger partial charge in [0.2, 0.25) is 0 Å². The molecule has 2 rings (SSSR count). The molecule has 0 radical (unpaired) electrons. The van der Waals surface area contributed by atoms with Crippen LogP contribution < -0.4 is 5.69 Å². The zero-order chi connectivity index (χ0) is 11.7. The van der Waals surface area contributed by atoms with Gasteiger partial charge in [-0.2, -0.15) is 0 Å². The molecular weight excluding hydrogens is 212 g/mol. The zero-order valence-corrected chi connectivity index (χ0v) is 8.60. The van der Waals surface area contributed by atoms with Gasteiger partial charge in [0, 0.05) is 24.9 Å². The Balaban J connectivity index is 2.30. The summed E-state index contributed by atoms with van der Waals surface area (Å²) in [5, 5.41) is 28.4. The topological polar surface area (TPSA) is 95.6 Å².